The van der Waals surface area contributed by atoms with Crippen LogP contribution in [0.5, 0.6) is 0 Å². The monoisotopic (exact) mass is 646 g/mol. The minimum atomic E-state index is -4.18. The fourth-order valence-corrected chi connectivity index (χ4v) is 28.1. The number of hydrogen-bond donors (Lipinski definition) is 3. The molecule has 0 aliphatic rings. The van der Waals surface area contributed by atoms with E-state index in [1.807, 2.05) is 85.1 Å². The summed E-state index contributed by atoms with van der Waals surface area (Å²) in [6, 6.07) is 0. The molecule has 0 heterocycles. The molecule has 0 aromatic heterocycles. The molecule has 226 valence electrons. The van der Waals surface area contributed by atoms with Crippen LogP contribution in [-0.4, -0.2) is 90.7 Å². The highest BCUT2D eigenvalue weighted by molar-refractivity contribution is 6.92. The fourth-order valence-electron chi connectivity index (χ4n) is 4.06. The molecule has 0 bridgehead atoms. The maximum absolute atomic E-state index is 12.4. The van der Waals surface area contributed by atoms with Gasteiger partial charge in [0.2, 0.25) is 5.79 Å². The first kappa shape index (κ1) is 38.2. The van der Waals surface area contributed by atoms with Gasteiger partial charge in [0.05, 0.1) is 12.1 Å². The molecule has 3 atom stereocenters. The topological polar surface area (TPSA) is 133 Å². The second-order valence-electron chi connectivity index (χ2n) is 13.5. The minimum Gasteiger partial charge on any atom is -0.427 e. The highest BCUT2D eigenvalue weighted by atomic mass is 28.5. The van der Waals surface area contributed by atoms with E-state index in [1.165, 1.54) is 0 Å². The second-order valence-corrected chi connectivity index (χ2v) is 38.1. The maximum Gasteiger partial charge on any atom is 0.482 e. The molecule has 38 heavy (non-hydrogen) atoms. The molecular formula is C22H54O10Si6. The van der Waals surface area contributed by atoms with Gasteiger partial charge in [-0.05, 0) is 85.0 Å². The summed E-state index contributed by atoms with van der Waals surface area (Å²) in [5.74, 6) is -3.58. The summed E-state index contributed by atoms with van der Waals surface area (Å²) in [5.41, 5.74) is -1.18. The SMILES string of the molecule is C=CC(=O)OC(O)(C(O)CO)C(CC)[Si](O[Si](C)(C)C)(O[Si](C)(C)C)O[Si](C)(O[Si](C)(C)C)O[Si](C)(C)C. The average Bonchev–Trinajstić information content (AvgIpc) is 2.60. The lowest BCUT2D eigenvalue weighted by Crippen LogP contribution is -2.72. The van der Waals surface area contributed by atoms with Crippen molar-refractivity contribution in [2.24, 2.45) is 0 Å². The largest absolute Gasteiger partial charge is 0.482 e. The van der Waals surface area contributed by atoms with Crippen LogP contribution in [0.4, 0.5) is 0 Å². The van der Waals surface area contributed by atoms with E-state index in [-0.39, 0.29) is 6.42 Å². The second kappa shape index (κ2) is 13.4. The van der Waals surface area contributed by atoms with Crippen molar-refractivity contribution in [3.8, 4) is 0 Å². The molecule has 0 aromatic rings. The van der Waals surface area contributed by atoms with Crippen LogP contribution in [-0.2, 0) is 30.1 Å². The van der Waals surface area contributed by atoms with Crippen molar-refractivity contribution >= 4 is 56.8 Å². The highest BCUT2D eigenvalue weighted by Crippen LogP contribution is 2.46. The van der Waals surface area contributed by atoms with E-state index in [0.717, 1.165) is 6.08 Å². The molecule has 0 aromatic carbocycles. The molecule has 0 rings (SSSR count). The maximum atomic E-state index is 12.4. The standard InChI is InChI=1S/C22H54O10Si6/c1-16-20(22(26,19(24)18-23)27-21(25)17-2)38(30-35(9,10)11,31-36(12,13)14)32-37(15,28-33(3,4)5)29-34(6,7)8/h17,19-20,23-24,26H,2,16,18H2,1,3-15H3. The Bertz CT molecular complexity index is 755. The van der Waals surface area contributed by atoms with Crippen LogP contribution in [0, 0.1) is 0 Å². The molecule has 0 aliphatic carbocycles. The van der Waals surface area contributed by atoms with Crippen LogP contribution in [0.25, 0.3) is 0 Å². The smallest absolute Gasteiger partial charge is 0.427 e. The Kier molecular flexibility index (Phi) is 13.5. The molecule has 0 amide bonds. The van der Waals surface area contributed by atoms with Crippen molar-refractivity contribution in [3.05, 3.63) is 12.7 Å². The number of aliphatic hydroxyl groups excluding tert-OH is 2. The zero-order valence-corrected chi connectivity index (χ0v) is 32.1. The van der Waals surface area contributed by atoms with Crippen LogP contribution in [0.15, 0.2) is 12.7 Å². The van der Waals surface area contributed by atoms with Crippen molar-refractivity contribution in [3.63, 3.8) is 0 Å². The predicted octanol–water partition coefficient (Wildman–Crippen LogP) is 4.47. The number of ether oxygens (including phenoxy) is 1. The van der Waals surface area contributed by atoms with Gasteiger partial charge in [0.1, 0.15) is 6.10 Å². The van der Waals surface area contributed by atoms with E-state index >= 15 is 0 Å². The van der Waals surface area contributed by atoms with Gasteiger partial charge in [-0.3, -0.25) is 0 Å². The van der Waals surface area contributed by atoms with Crippen LogP contribution in [0.3, 0.4) is 0 Å². The van der Waals surface area contributed by atoms with Crippen molar-refractivity contribution in [1.82, 2.24) is 0 Å². The quantitative estimate of drug-likeness (QED) is 0.0900. The Hall–Kier alpha value is 0.191. The molecule has 16 heteroatoms. The first-order valence-electron chi connectivity index (χ1n) is 13.0. The molecule has 0 radical (unpaired) electrons. The van der Waals surface area contributed by atoms with Gasteiger partial charge in [0.15, 0.2) is 33.3 Å². The van der Waals surface area contributed by atoms with Crippen LogP contribution in [0.1, 0.15) is 13.3 Å². The third kappa shape index (κ3) is 12.8. The van der Waals surface area contributed by atoms with E-state index in [9.17, 15) is 20.1 Å². The summed E-state index contributed by atoms with van der Waals surface area (Å²) in [4.78, 5) is 12.4. The molecule has 0 saturated carbocycles. The molecule has 0 spiro atoms. The van der Waals surface area contributed by atoms with Crippen LogP contribution >= 0.6 is 0 Å². The summed E-state index contributed by atoms with van der Waals surface area (Å²) in [7, 11) is -17.2. The zero-order valence-electron chi connectivity index (χ0n) is 26.1. The first-order chi connectivity index (χ1) is 16.7. The van der Waals surface area contributed by atoms with Crippen molar-refractivity contribution < 1.29 is 45.4 Å². The van der Waals surface area contributed by atoms with Gasteiger partial charge in [-0.15, -0.1) is 0 Å². The number of aliphatic hydroxyl groups is 3. The van der Waals surface area contributed by atoms with E-state index in [0.29, 0.717) is 0 Å². The van der Waals surface area contributed by atoms with E-state index in [2.05, 4.69) is 6.58 Å². The molecule has 0 saturated heterocycles. The van der Waals surface area contributed by atoms with Crippen molar-refractivity contribution in [2.45, 2.75) is 116 Å². The van der Waals surface area contributed by atoms with Crippen molar-refractivity contribution in [2.75, 3.05) is 6.61 Å². The Balaban J connectivity index is 7.61. The fraction of sp³-hybridized carbons (Fsp3) is 0.864. The minimum absolute atomic E-state index is 0.129. The summed E-state index contributed by atoms with van der Waals surface area (Å²) >= 11 is 0. The van der Waals surface area contributed by atoms with Gasteiger partial charge < -0.3 is 40.6 Å². The lowest BCUT2D eigenvalue weighted by molar-refractivity contribution is -0.256. The number of carbonyl (C=O) groups is 1. The average molecular weight is 647 g/mol. The lowest BCUT2D eigenvalue weighted by atomic mass is 10.0. The molecule has 10 nitrogen and oxygen atoms in total. The Labute approximate surface area is 236 Å². The Morgan fingerprint density at radius 3 is 1.42 bits per heavy atom. The molecule has 3 N–H and O–H groups in total. The van der Waals surface area contributed by atoms with E-state index < -0.39 is 80.9 Å². The van der Waals surface area contributed by atoms with E-state index in [4.69, 9.17) is 25.3 Å². The van der Waals surface area contributed by atoms with Gasteiger partial charge in [0, 0.05) is 12.6 Å². The highest BCUT2D eigenvalue weighted by Gasteiger charge is 2.67. The molecule has 0 fully saturated rings. The Morgan fingerprint density at radius 1 is 0.789 bits per heavy atom. The number of hydrogen-bond acceptors (Lipinski definition) is 10. The van der Waals surface area contributed by atoms with Gasteiger partial charge >= 0.3 is 23.6 Å². The van der Waals surface area contributed by atoms with Crippen molar-refractivity contribution in [1.29, 1.82) is 0 Å². The third-order valence-corrected chi connectivity index (χ3v) is 24.0. The molecule has 3 unspecified atom stereocenters. The summed E-state index contributed by atoms with van der Waals surface area (Å²) < 4.78 is 39.4. The lowest BCUT2D eigenvalue weighted by Gasteiger charge is -2.51. The molecular weight excluding hydrogens is 593 g/mol. The zero-order chi connectivity index (χ0) is 30.6. The summed E-state index contributed by atoms with van der Waals surface area (Å²) in [5, 5.41) is 32.7. The van der Waals surface area contributed by atoms with Crippen LogP contribution < -0.4 is 0 Å². The first-order valence-corrected chi connectivity index (χ1v) is 30.7. The molecule has 0 aliphatic heterocycles. The number of rotatable bonds is 17. The number of esters is 1. The third-order valence-electron chi connectivity index (χ3n) is 4.62. The predicted molar refractivity (Wildman–Crippen MR) is 165 cm³/mol. The normalized spacial score (nSPS) is 17.5. The van der Waals surface area contributed by atoms with Gasteiger partial charge in [-0.2, -0.15) is 0 Å². The van der Waals surface area contributed by atoms with Gasteiger partial charge in [0.25, 0.3) is 0 Å². The summed E-state index contributed by atoms with van der Waals surface area (Å²) in [6.45, 7) is 30.1. The number of carbonyl (C=O) groups excluding carboxylic acids is 1. The van der Waals surface area contributed by atoms with Gasteiger partial charge in [-0.25, -0.2) is 4.79 Å². The Morgan fingerprint density at radius 2 is 1.16 bits per heavy atom. The van der Waals surface area contributed by atoms with Crippen LogP contribution in [0.2, 0.25) is 90.7 Å². The van der Waals surface area contributed by atoms with Gasteiger partial charge in [-0.1, -0.05) is 13.5 Å². The van der Waals surface area contributed by atoms with E-state index in [1.54, 1.807) is 6.92 Å². The summed E-state index contributed by atoms with van der Waals surface area (Å²) in [6.07, 6.45) is -0.860.